The Morgan fingerprint density at radius 2 is 2.18 bits per heavy atom. The summed E-state index contributed by atoms with van der Waals surface area (Å²) in [7, 11) is 0. The molecule has 0 unspecified atom stereocenters. The molecule has 0 saturated carbocycles. The van der Waals surface area contributed by atoms with Crippen LogP contribution in [-0.4, -0.2) is 42.8 Å². The second-order valence-electron chi connectivity index (χ2n) is 4.13. The largest absolute Gasteiger partial charge is 0.502 e. The molecule has 1 aliphatic heterocycles. The Labute approximate surface area is 133 Å². The molecule has 0 atom stereocenters. The molecule has 1 aromatic carbocycles. The molecule has 2 rings (SSSR count). The lowest BCUT2D eigenvalue weighted by atomic mass is 10.1. The zero-order valence-electron chi connectivity index (χ0n) is 10.8. The lowest BCUT2D eigenvalue weighted by molar-refractivity contribution is -0.385. The molecule has 8 nitrogen and oxygen atoms in total. The average molecular weight is 340 g/mol. The molecule has 114 valence electrons. The Morgan fingerprint density at radius 1 is 1.50 bits per heavy atom. The molecule has 0 aliphatic carbocycles. The van der Waals surface area contributed by atoms with Crippen LogP contribution in [0.15, 0.2) is 23.1 Å². The summed E-state index contributed by atoms with van der Waals surface area (Å²) in [5, 5.41) is 29.3. The number of aliphatic carboxylic acids is 1. The molecule has 0 aromatic heterocycles. The normalized spacial score (nSPS) is 16.4. The minimum absolute atomic E-state index is 0.0728. The maximum absolute atomic E-state index is 12.1. The highest BCUT2D eigenvalue weighted by Crippen LogP contribution is 2.36. The Kier molecular flexibility index (Phi) is 4.43. The molecule has 0 spiro atoms. The molecule has 2 N–H and O–H groups in total. The number of phenols is 1. The van der Waals surface area contributed by atoms with Gasteiger partial charge in [0, 0.05) is 11.6 Å². The number of carbonyl (C=O) groups excluding carboxylic acids is 1. The lowest BCUT2D eigenvalue weighted by Gasteiger charge is -2.10. The zero-order valence-corrected chi connectivity index (χ0v) is 12.4. The second-order valence-corrected chi connectivity index (χ2v) is 5.81. The van der Waals surface area contributed by atoms with Gasteiger partial charge in [0.05, 0.1) is 9.83 Å². The van der Waals surface area contributed by atoms with Crippen molar-refractivity contribution >= 4 is 51.9 Å². The van der Waals surface area contributed by atoms with Crippen LogP contribution in [0.1, 0.15) is 5.56 Å². The summed E-state index contributed by atoms with van der Waals surface area (Å²) in [5.74, 6) is -2.41. The number of nitro groups is 1. The van der Waals surface area contributed by atoms with Crippen LogP contribution >= 0.6 is 24.0 Å². The van der Waals surface area contributed by atoms with Crippen molar-refractivity contribution in [3.8, 4) is 5.75 Å². The Bertz CT molecular complexity index is 730. The van der Waals surface area contributed by atoms with Crippen molar-refractivity contribution in [2.45, 2.75) is 0 Å². The molecular weight excluding hydrogens is 332 g/mol. The number of hydrogen-bond acceptors (Lipinski definition) is 7. The van der Waals surface area contributed by atoms with E-state index in [1.165, 1.54) is 18.2 Å². The van der Waals surface area contributed by atoms with Gasteiger partial charge in [-0.3, -0.25) is 24.6 Å². The van der Waals surface area contributed by atoms with Crippen molar-refractivity contribution in [3.05, 3.63) is 38.8 Å². The number of hydrogen-bond donors (Lipinski definition) is 2. The molecule has 1 saturated heterocycles. The minimum atomic E-state index is -1.21. The monoisotopic (exact) mass is 340 g/mol. The number of thiocarbonyl (C=S) groups is 1. The number of aromatic hydroxyl groups is 1. The van der Waals surface area contributed by atoms with Crippen molar-refractivity contribution in [1.82, 2.24) is 4.90 Å². The molecule has 1 aliphatic rings. The molecule has 1 amide bonds. The number of carboxylic acids is 1. The minimum Gasteiger partial charge on any atom is -0.502 e. The fourth-order valence-corrected chi connectivity index (χ4v) is 2.97. The Hall–Kier alpha value is -2.46. The first-order valence-corrected chi connectivity index (χ1v) is 6.97. The van der Waals surface area contributed by atoms with Crippen LogP contribution < -0.4 is 0 Å². The van der Waals surface area contributed by atoms with E-state index in [0.29, 0.717) is 0 Å². The third-order valence-electron chi connectivity index (χ3n) is 2.70. The van der Waals surface area contributed by atoms with Crippen LogP contribution in [0.25, 0.3) is 6.08 Å². The fraction of sp³-hybridized carbons (Fsp3) is 0.0833. The van der Waals surface area contributed by atoms with Gasteiger partial charge >= 0.3 is 11.7 Å². The predicted molar refractivity (Wildman–Crippen MR) is 82.3 cm³/mol. The zero-order chi connectivity index (χ0) is 16.4. The van der Waals surface area contributed by atoms with Gasteiger partial charge in [0.1, 0.15) is 10.9 Å². The van der Waals surface area contributed by atoms with E-state index in [0.717, 1.165) is 22.7 Å². The van der Waals surface area contributed by atoms with Crippen molar-refractivity contribution in [3.63, 3.8) is 0 Å². The van der Waals surface area contributed by atoms with Crippen LogP contribution in [0.2, 0.25) is 0 Å². The SMILES string of the molecule is O=C(O)CN1C(=O)C(=Cc2cccc([N+](=O)[O-])c2O)SC1=S. The summed E-state index contributed by atoms with van der Waals surface area (Å²) in [5.41, 5.74) is -0.417. The van der Waals surface area contributed by atoms with Crippen molar-refractivity contribution < 1.29 is 24.7 Å². The molecule has 0 bridgehead atoms. The molecule has 10 heteroatoms. The van der Waals surface area contributed by atoms with Gasteiger partial charge in [-0.2, -0.15) is 0 Å². The maximum Gasteiger partial charge on any atom is 0.323 e. The van der Waals surface area contributed by atoms with E-state index in [-0.39, 0.29) is 14.8 Å². The number of carboxylic acid groups (broad SMARTS) is 1. The van der Waals surface area contributed by atoms with E-state index >= 15 is 0 Å². The third kappa shape index (κ3) is 3.07. The van der Waals surface area contributed by atoms with E-state index in [1.54, 1.807) is 0 Å². The van der Waals surface area contributed by atoms with Crippen LogP contribution in [0.4, 0.5) is 5.69 Å². The summed E-state index contributed by atoms with van der Waals surface area (Å²) >= 11 is 5.79. The number of carbonyl (C=O) groups is 2. The van der Waals surface area contributed by atoms with Crippen LogP contribution in [0.3, 0.4) is 0 Å². The van der Waals surface area contributed by atoms with E-state index in [1.807, 2.05) is 0 Å². The molecule has 0 radical (unpaired) electrons. The van der Waals surface area contributed by atoms with Gasteiger partial charge < -0.3 is 10.2 Å². The summed E-state index contributed by atoms with van der Waals surface area (Å²) in [6.07, 6.45) is 1.24. The van der Waals surface area contributed by atoms with Gasteiger partial charge in [0.15, 0.2) is 0 Å². The third-order valence-corrected chi connectivity index (χ3v) is 4.07. The number of nitro benzene ring substituents is 1. The summed E-state index contributed by atoms with van der Waals surface area (Å²) in [6, 6.07) is 3.88. The van der Waals surface area contributed by atoms with Gasteiger partial charge in [-0.05, 0) is 6.08 Å². The number of para-hydroxylation sites is 1. The van der Waals surface area contributed by atoms with E-state index in [2.05, 4.69) is 0 Å². The maximum atomic E-state index is 12.1. The smallest absolute Gasteiger partial charge is 0.323 e. The average Bonchev–Trinajstić information content (AvgIpc) is 2.68. The quantitative estimate of drug-likeness (QED) is 0.367. The Balaban J connectivity index is 2.37. The highest BCUT2D eigenvalue weighted by molar-refractivity contribution is 8.26. The molecular formula is C12H8N2O6S2. The van der Waals surface area contributed by atoms with E-state index in [9.17, 15) is 24.8 Å². The summed E-state index contributed by atoms with van der Waals surface area (Å²) in [6.45, 7) is -0.567. The van der Waals surface area contributed by atoms with E-state index in [4.69, 9.17) is 17.3 Å². The van der Waals surface area contributed by atoms with Gasteiger partial charge in [0.2, 0.25) is 5.75 Å². The summed E-state index contributed by atoms with van der Waals surface area (Å²) < 4.78 is 0.0728. The first-order chi connectivity index (χ1) is 10.3. The lowest BCUT2D eigenvalue weighted by Crippen LogP contribution is -2.33. The van der Waals surface area contributed by atoms with Gasteiger partial charge in [0.25, 0.3) is 5.91 Å². The van der Waals surface area contributed by atoms with Gasteiger partial charge in [-0.25, -0.2) is 0 Å². The van der Waals surface area contributed by atoms with Gasteiger partial charge in [-0.1, -0.05) is 36.1 Å². The Morgan fingerprint density at radius 3 is 2.77 bits per heavy atom. The summed E-state index contributed by atoms with van der Waals surface area (Å²) in [4.78, 5) is 33.7. The molecule has 1 heterocycles. The number of benzene rings is 1. The van der Waals surface area contributed by atoms with Crippen LogP contribution in [0, 0.1) is 10.1 Å². The number of amides is 1. The number of nitrogens with zero attached hydrogens (tertiary/aromatic N) is 2. The standard InChI is InChI=1S/C12H8N2O6S2/c15-9(16)5-13-11(18)8(22-12(13)21)4-6-2-1-3-7(10(6)17)14(19)20/h1-4,17H,5H2,(H,15,16). The molecule has 1 fully saturated rings. The van der Waals surface area contributed by atoms with Crippen molar-refractivity contribution in [2.24, 2.45) is 0 Å². The number of phenolic OH excluding ortho intramolecular Hbond substituents is 1. The second kappa shape index (κ2) is 6.12. The van der Waals surface area contributed by atoms with E-state index < -0.39 is 34.8 Å². The number of thioether (sulfide) groups is 1. The fourth-order valence-electron chi connectivity index (χ4n) is 1.73. The van der Waals surface area contributed by atoms with Gasteiger partial charge in [-0.15, -0.1) is 0 Å². The topological polar surface area (TPSA) is 121 Å². The highest BCUT2D eigenvalue weighted by atomic mass is 32.2. The number of rotatable bonds is 4. The predicted octanol–water partition coefficient (Wildman–Crippen LogP) is 1.59. The highest BCUT2D eigenvalue weighted by Gasteiger charge is 2.33. The molecule has 1 aromatic rings. The van der Waals surface area contributed by atoms with Crippen molar-refractivity contribution in [1.29, 1.82) is 0 Å². The molecule has 22 heavy (non-hydrogen) atoms. The van der Waals surface area contributed by atoms with Crippen LogP contribution in [-0.2, 0) is 9.59 Å². The van der Waals surface area contributed by atoms with Crippen molar-refractivity contribution in [2.75, 3.05) is 6.54 Å². The first-order valence-electron chi connectivity index (χ1n) is 5.74. The first kappa shape index (κ1) is 15.9. The van der Waals surface area contributed by atoms with Crippen LogP contribution in [0.5, 0.6) is 5.75 Å².